The molecule has 0 spiro atoms. The van der Waals surface area contributed by atoms with Crippen molar-refractivity contribution in [2.75, 3.05) is 13.2 Å². The van der Waals surface area contributed by atoms with Crippen LogP contribution < -0.4 is 16.0 Å². The van der Waals surface area contributed by atoms with E-state index in [1.54, 1.807) is 10.6 Å². The van der Waals surface area contributed by atoms with E-state index >= 15 is 0 Å². The molecule has 9 heteroatoms. The minimum atomic E-state index is -2.87. The Morgan fingerprint density at radius 2 is 1.95 bits per heavy atom. The summed E-state index contributed by atoms with van der Waals surface area (Å²) < 4.78 is 4.70. The topological polar surface area (TPSA) is 134 Å². The first kappa shape index (κ1) is 16.4. The van der Waals surface area contributed by atoms with Gasteiger partial charge in [0.15, 0.2) is 0 Å². The van der Waals surface area contributed by atoms with Gasteiger partial charge in [-0.2, -0.15) is 0 Å². The Balaban J connectivity index is 3.21. The SMILES string of the molecule is C=CCN/C=C(\C(=O)OCC)C1(O)C(=O)NC(=O)NC1=O. The number of rotatable bonds is 6. The molecule has 0 radical (unpaired) electrons. The van der Waals surface area contributed by atoms with Crippen LogP contribution in [0.5, 0.6) is 0 Å². The summed E-state index contributed by atoms with van der Waals surface area (Å²) in [5.41, 5.74) is -3.51. The van der Waals surface area contributed by atoms with Gasteiger partial charge in [0.1, 0.15) is 5.57 Å². The lowest BCUT2D eigenvalue weighted by molar-refractivity contribution is -0.156. The summed E-state index contributed by atoms with van der Waals surface area (Å²) in [7, 11) is 0. The third kappa shape index (κ3) is 3.26. The van der Waals surface area contributed by atoms with Gasteiger partial charge in [-0.15, -0.1) is 6.58 Å². The monoisotopic (exact) mass is 297 g/mol. The van der Waals surface area contributed by atoms with E-state index in [4.69, 9.17) is 4.74 Å². The number of barbiturate groups is 1. The van der Waals surface area contributed by atoms with Crippen LogP contribution in [-0.2, 0) is 19.1 Å². The molecule has 4 N–H and O–H groups in total. The van der Waals surface area contributed by atoms with Crippen molar-refractivity contribution in [3.05, 3.63) is 24.4 Å². The van der Waals surface area contributed by atoms with Crippen molar-refractivity contribution >= 4 is 23.8 Å². The zero-order valence-corrected chi connectivity index (χ0v) is 11.3. The molecule has 0 aromatic rings. The summed E-state index contributed by atoms with van der Waals surface area (Å²) in [5.74, 6) is -3.75. The molecule has 1 aliphatic heterocycles. The van der Waals surface area contributed by atoms with E-state index in [2.05, 4.69) is 11.9 Å². The summed E-state index contributed by atoms with van der Waals surface area (Å²) in [6.07, 6.45) is 2.42. The van der Waals surface area contributed by atoms with Crippen molar-refractivity contribution < 1.29 is 29.0 Å². The number of aliphatic hydroxyl groups is 1. The highest BCUT2D eigenvalue weighted by molar-refractivity contribution is 6.26. The van der Waals surface area contributed by atoms with Crippen LogP contribution in [0.15, 0.2) is 24.4 Å². The van der Waals surface area contributed by atoms with Gasteiger partial charge >= 0.3 is 12.0 Å². The highest BCUT2D eigenvalue weighted by Gasteiger charge is 2.54. The van der Waals surface area contributed by atoms with Gasteiger partial charge in [-0.05, 0) is 6.92 Å². The van der Waals surface area contributed by atoms with Crippen LogP contribution in [0.2, 0.25) is 0 Å². The number of carbonyl (C=O) groups is 4. The average Bonchev–Trinajstić information content (AvgIpc) is 2.41. The van der Waals surface area contributed by atoms with Crippen LogP contribution in [0.4, 0.5) is 4.79 Å². The Morgan fingerprint density at radius 3 is 2.43 bits per heavy atom. The van der Waals surface area contributed by atoms with E-state index in [9.17, 15) is 24.3 Å². The molecule has 1 aliphatic rings. The number of ether oxygens (including phenoxy) is 1. The van der Waals surface area contributed by atoms with E-state index in [-0.39, 0.29) is 13.2 Å². The van der Waals surface area contributed by atoms with E-state index in [0.717, 1.165) is 6.20 Å². The van der Waals surface area contributed by atoms with Crippen molar-refractivity contribution in [1.82, 2.24) is 16.0 Å². The molecule has 114 valence electrons. The van der Waals surface area contributed by atoms with Gasteiger partial charge in [0, 0.05) is 12.7 Å². The molecule has 1 fully saturated rings. The first-order chi connectivity index (χ1) is 9.87. The highest BCUT2D eigenvalue weighted by atomic mass is 16.5. The third-order valence-electron chi connectivity index (χ3n) is 2.51. The Labute approximate surface area is 120 Å². The molecule has 0 aromatic carbocycles. The first-order valence-corrected chi connectivity index (χ1v) is 5.99. The summed E-state index contributed by atoms with van der Waals surface area (Å²) in [5, 5.41) is 16.3. The Morgan fingerprint density at radius 1 is 1.38 bits per heavy atom. The van der Waals surface area contributed by atoms with Gasteiger partial charge in [0.25, 0.3) is 17.4 Å². The number of hydrogen-bond donors (Lipinski definition) is 4. The smallest absolute Gasteiger partial charge is 0.339 e. The molecule has 9 nitrogen and oxygen atoms in total. The quantitative estimate of drug-likeness (QED) is 0.151. The Hall–Kier alpha value is -2.68. The van der Waals surface area contributed by atoms with Crippen molar-refractivity contribution in [3.63, 3.8) is 0 Å². The molecule has 1 heterocycles. The van der Waals surface area contributed by atoms with Gasteiger partial charge in [-0.3, -0.25) is 20.2 Å². The van der Waals surface area contributed by atoms with E-state index in [1.165, 1.54) is 13.0 Å². The van der Waals surface area contributed by atoms with E-state index in [0.29, 0.717) is 0 Å². The number of amides is 4. The number of urea groups is 1. The zero-order valence-electron chi connectivity index (χ0n) is 11.3. The fourth-order valence-corrected chi connectivity index (χ4v) is 1.53. The second kappa shape index (κ2) is 6.66. The van der Waals surface area contributed by atoms with Crippen LogP contribution in [0.25, 0.3) is 0 Å². The van der Waals surface area contributed by atoms with Crippen LogP contribution in [0.3, 0.4) is 0 Å². The molecule has 0 unspecified atom stereocenters. The summed E-state index contributed by atoms with van der Waals surface area (Å²) in [6.45, 7) is 5.13. The summed E-state index contributed by atoms with van der Waals surface area (Å²) >= 11 is 0. The lowest BCUT2D eigenvalue weighted by atomic mass is 9.90. The minimum Gasteiger partial charge on any atom is -0.462 e. The second-order valence-electron chi connectivity index (χ2n) is 3.92. The Kier molecular flexibility index (Phi) is 5.19. The van der Waals surface area contributed by atoms with Gasteiger partial charge in [-0.25, -0.2) is 9.59 Å². The van der Waals surface area contributed by atoms with Crippen molar-refractivity contribution in [2.45, 2.75) is 12.5 Å². The number of carbonyl (C=O) groups excluding carboxylic acids is 4. The highest BCUT2D eigenvalue weighted by Crippen LogP contribution is 2.21. The van der Waals surface area contributed by atoms with Crippen molar-refractivity contribution in [1.29, 1.82) is 0 Å². The number of hydrogen-bond acceptors (Lipinski definition) is 7. The van der Waals surface area contributed by atoms with Gasteiger partial charge in [0.2, 0.25) is 0 Å². The van der Waals surface area contributed by atoms with Crippen LogP contribution in [0.1, 0.15) is 6.92 Å². The van der Waals surface area contributed by atoms with Gasteiger partial charge < -0.3 is 15.2 Å². The van der Waals surface area contributed by atoms with Crippen LogP contribution in [-0.4, -0.2) is 47.7 Å². The fraction of sp³-hybridized carbons (Fsp3) is 0.333. The lowest BCUT2D eigenvalue weighted by Crippen LogP contribution is -2.68. The number of nitrogens with one attached hydrogen (secondary N) is 3. The lowest BCUT2D eigenvalue weighted by Gasteiger charge is -2.29. The van der Waals surface area contributed by atoms with Crippen molar-refractivity contribution in [3.8, 4) is 0 Å². The fourth-order valence-electron chi connectivity index (χ4n) is 1.53. The third-order valence-corrected chi connectivity index (χ3v) is 2.51. The molecule has 1 rings (SSSR count). The molecular formula is C12H15N3O6. The normalized spacial score (nSPS) is 17.6. The predicted molar refractivity (Wildman–Crippen MR) is 69.5 cm³/mol. The number of esters is 1. The summed E-state index contributed by atoms with van der Waals surface area (Å²) in [4.78, 5) is 46.4. The average molecular weight is 297 g/mol. The second-order valence-corrected chi connectivity index (χ2v) is 3.92. The molecule has 1 saturated heterocycles. The summed E-state index contributed by atoms with van der Waals surface area (Å²) in [6, 6.07) is -1.09. The van der Waals surface area contributed by atoms with Gasteiger partial charge in [0.05, 0.1) is 6.61 Å². The molecule has 4 amide bonds. The predicted octanol–water partition coefficient (Wildman–Crippen LogP) is -1.69. The molecule has 0 atom stereocenters. The standard InChI is InChI=1S/C12H15N3O6/c1-3-5-13-6-7(8(16)21-4-2)12(20)9(17)14-11(19)15-10(12)18/h3,6,13,20H,1,4-5H2,2H3,(H2,14,15,17,18,19)/b7-6+. The number of imide groups is 2. The molecule has 0 aromatic heterocycles. The zero-order chi connectivity index (χ0) is 16.0. The Bertz CT molecular complexity index is 505. The van der Waals surface area contributed by atoms with E-state index < -0.39 is 35.0 Å². The molecular weight excluding hydrogens is 282 g/mol. The maximum Gasteiger partial charge on any atom is 0.339 e. The molecule has 0 bridgehead atoms. The molecule has 0 saturated carbocycles. The van der Waals surface area contributed by atoms with Crippen molar-refractivity contribution in [2.24, 2.45) is 0 Å². The molecule has 21 heavy (non-hydrogen) atoms. The molecule has 0 aliphatic carbocycles. The maximum atomic E-state index is 11.9. The van der Waals surface area contributed by atoms with Gasteiger partial charge in [-0.1, -0.05) is 6.08 Å². The van der Waals surface area contributed by atoms with Crippen LogP contribution in [0, 0.1) is 0 Å². The largest absolute Gasteiger partial charge is 0.462 e. The van der Waals surface area contributed by atoms with Crippen LogP contribution >= 0.6 is 0 Å². The maximum absolute atomic E-state index is 11.9. The first-order valence-electron chi connectivity index (χ1n) is 5.99. The minimum absolute atomic E-state index is 0.0319. The van der Waals surface area contributed by atoms with E-state index in [1.807, 2.05) is 0 Å².